The van der Waals surface area contributed by atoms with Crippen LogP contribution in [0.25, 0.3) is 11.0 Å². The van der Waals surface area contributed by atoms with Crippen LogP contribution in [0, 0.1) is 11.6 Å². The summed E-state index contributed by atoms with van der Waals surface area (Å²) in [7, 11) is 0. The minimum Gasteiger partial charge on any atom is -0.492 e. The van der Waals surface area contributed by atoms with Crippen LogP contribution in [0.4, 0.5) is 14.5 Å². The van der Waals surface area contributed by atoms with Crippen molar-refractivity contribution in [3.8, 4) is 5.75 Å². The van der Waals surface area contributed by atoms with Crippen LogP contribution in [0.2, 0.25) is 0 Å². The van der Waals surface area contributed by atoms with Gasteiger partial charge in [-0.1, -0.05) is 5.21 Å². The SMILES string of the molecule is Nc1ccc(OCCn2nnc3cc(F)c(F)cc32)cc1. The van der Waals surface area contributed by atoms with Crippen molar-refractivity contribution in [1.29, 1.82) is 0 Å². The van der Waals surface area contributed by atoms with Crippen LogP contribution >= 0.6 is 0 Å². The average Bonchev–Trinajstić information content (AvgIpc) is 2.84. The Balaban J connectivity index is 1.70. The maximum atomic E-state index is 13.2. The van der Waals surface area contributed by atoms with Crippen LogP contribution in [0.5, 0.6) is 5.75 Å². The number of hydrogen-bond acceptors (Lipinski definition) is 4. The van der Waals surface area contributed by atoms with Gasteiger partial charge in [0.1, 0.15) is 17.9 Å². The molecule has 0 aliphatic heterocycles. The Hall–Kier alpha value is -2.70. The number of aromatic nitrogens is 3. The van der Waals surface area contributed by atoms with E-state index in [1.54, 1.807) is 24.3 Å². The van der Waals surface area contributed by atoms with Crippen LogP contribution < -0.4 is 10.5 Å². The zero-order valence-corrected chi connectivity index (χ0v) is 11.0. The number of halogens is 2. The molecule has 3 aromatic rings. The highest BCUT2D eigenvalue weighted by molar-refractivity contribution is 5.74. The van der Waals surface area contributed by atoms with Crippen molar-refractivity contribution in [2.45, 2.75) is 6.54 Å². The molecule has 0 saturated heterocycles. The molecular formula is C14H12F2N4O. The second-order valence-electron chi connectivity index (χ2n) is 4.49. The van der Waals surface area contributed by atoms with E-state index in [2.05, 4.69) is 10.3 Å². The smallest absolute Gasteiger partial charge is 0.161 e. The summed E-state index contributed by atoms with van der Waals surface area (Å²) < 4.78 is 33.3. The first-order valence-electron chi connectivity index (χ1n) is 6.30. The van der Waals surface area contributed by atoms with Crippen LogP contribution in [-0.2, 0) is 6.54 Å². The number of benzene rings is 2. The van der Waals surface area contributed by atoms with E-state index in [1.807, 2.05) is 0 Å². The largest absolute Gasteiger partial charge is 0.492 e. The molecule has 5 nitrogen and oxygen atoms in total. The van der Waals surface area contributed by atoms with Crippen molar-refractivity contribution in [3.05, 3.63) is 48.0 Å². The molecule has 2 N–H and O–H groups in total. The van der Waals surface area contributed by atoms with Gasteiger partial charge in [0.15, 0.2) is 11.6 Å². The first-order chi connectivity index (χ1) is 10.1. The highest BCUT2D eigenvalue weighted by Crippen LogP contribution is 2.17. The van der Waals surface area contributed by atoms with Crippen LogP contribution in [0.3, 0.4) is 0 Å². The predicted molar refractivity (Wildman–Crippen MR) is 73.8 cm³/mol. The van der Waals surface area contributed by atoms with Crippen molar-refractivity contribution in [3.63, 3.8) is 0 Å². The topological polar surface area (TPSA) is 66.0 Å². The van der Waals surface area contributed by atoms with Crippen LogP contribution in [-0.4, -0.2) is 21.6 Å². The van der Waals surface area contributed by atoms with E-state index >= 15 is 0 Å². The summed E-state index contributed by atoms with van der Waals surface area (Å²) in [6.45, 7) is 0.688. The van der Waals surface area contributed by atoms with E-state index in [-0.39, 0.29) is 0 Å². The molecule has 0 atom stereocenters. The van der Waals surface area contributed by atoms with Gasteiger partial charge >= 0.3 is 0 Å². The monoisotopic (exact) mass is 290 g/mol. The number of rotatable bonds is 4. The lowest BCUT2D eigenvalue weighted by atomic mass is 10.3. The number of nitrogens with zero attached hydrogens (tertiary/aromatic N) is 3. The Labute approximate surface area is 118 Å². The van der Waals surface area contributed by atoms with E-state index in [0.717, 1.165) is 12.1 Å². The van der Waals surface area contributed by atoms with Gasteiger partial charge in [-0.2, -0.15) is 0 Å². The summed E-state index contributed by atoms with van der Waals surface area (Å²) in [6, 6.07) is 9.08. The number of nitrogen functional groups attached to an aromatic ring is 1. The third-order valence-electron chi connectivity index (χ3n) is 3.01. The summed E-state index contributed by atoms with van der Waals surface area (Å²) in [6.07, 6.45) is 0. The molecule has 0 aliphatic rings. The minimum absolute atomic E-state index is 0.307. The van der Waals surface area contributed by atoms with Gasteiger partial charge in [0.25, 0.3) is 0 Å². The van der Waals surface area contributed by atoms with Crippen molar-refractivity contribution in [1.82, 2.24) is 15.0 Å². The van der Waals surface area contributed by atoms with Crippen molar-refractivity contribution in [2.24, 2.45) is 0 Å². The molecule has 0 bridgehead atoms. The number of anilines is 1. The number of fused-ring (bicyclic) bond motifs is 1. The molecule has 2 aromatic carbocycles. The summed E-state index contributed by atoms with van der Waals surface area (Å²) in [5, 5.41) is 7.65. The van der Waals surface area contributed by atoms with Crippen molar-refractivity contribution >= 4 is 16.7 Å². The fourth-order valence-electron chi connectivity index (χ4n) is 1.94. The predicted octanol–water partition coefficient (Wildman–Crippen LogP) is 2.37. The minimum atomic E-state index is -0.937. The summed E-state index contributed by atoms with van der Waals surface area (Å²) >= 11 is 0. The van der Waals surface area contributed by atoms with Gasteiger partial charge in [0.05, 0.1) is 12.1 Å². The molecule has 21 heavy (non-hydrogen) atoms. The average molecular weight is 290 g/mol. The van der Waals surface area contributed by atoms with Gasteiger partial charge in [-0.05, 0) is 24.3 Å². The zero-order valence-electron chi connectivity index (χ0n) is 11.0. The standard InChI is InChI=1S/C14H12F2N4O/c15-11-7-13-14(8-12(11)16)20(19-18-13)5-6-21-10-3-1-9(17)2-4-10/h1-4,7-8H,5-6,17H2. The van der Waals surface area contributed by atoms with Gasteiger partial charge in [-0.15, -0.1) is 5.10 Å². The molecule has 108 valence electrons. The molecule has 0 unspecified atom stereocenters. The molecule has 0 amide bonds. The lowest BCUT2D eigenvalue weighted by Gasteiger charge is -2.06. The number of hydrogen-bond donors (Lipinski definition) is 1. The maximum Gasteiger partial charge on any atom is 0.161 e. The quantitative estimate of drug-likeness (QED) is 0.749. The molecule has 3 rings (SSSR count). The Morgan fingerprint density at radius 2 is 1.81 bits per heavy atom. The molecule has 0 fully saturated rings. The second kappa shape index (κ2) is 5.35. The Kier molecular flexibility index (Phi) is 3.39. The molecular weight excluding hydrogens is 278 g/mol. The van der Waals surface area contributed by atoms with E-state index in [9.17, 15) is 8.78 Å². The molecule has 7 heteroatoms. The van der Waals surface area contributed by atoms with E-state index in [1.165, 1.54) is 4.68 Å². The number of nitrogens with two attached hydrogens (primary N) is 1. The third kappa shape index (κ3) is 2.76. The van der Waals surface area contributed by atoms with Gasteiger partial charge in [-0.25, -0.2) is 13.5 Å². The lowest BCUT2D eigenvalue weighted by Crippen LogP contribution is -2.09. The second-order valence-corrected chi connectivity index (χ2v) is 4.49. The number of ether oxygens (including phenoxy) is 1. The third-order valence-corrected chi connectivity index (χ3v) is 3.01. The Morgan fingerprint density at radius 1 is 1.10 bits per heavy atom. The molecule has 0 radical (unpaired) electrons. The maximum absolute atomic E-state index is 13.2. The summed E-state index contributed by atoms with van der Waals surface area (Å²) in [5.74, 6) is -1.19. The van der Waals surface area contributed by atoms with Gasteiger partial charge in [0.2, 0.25) is 0 Å². The fraction of sp³-hybridized carbons (Fsp3) is 0.143. The van der Waals surface area contributed by atoms with Gasteiger partial charge in [0, 0.05) is 17.8 Å². The van der Waals surface area contributed by atoms with Crippen molar-refractivity contribution in [2.75, 3.05) is 12.3 Å². The highest BCUT2D eigenvalue weighted by atomic mass is 19.2. The molecule has 1 aromatic heterocycles. The van der Waals surface area contributed by atoms with Crippen molar-refractivity contribution < 1.29 is 13.5 Å². The molecule has 0 saturated carbocycles. The zero-order chi connectivity index (χ0) is 14.8. The van der Waals surface area contributed by atoms with E-state index in [0.29, 0.717) is 35.6 Å². The summed E-state index contributed by atoms with van der Waals surface area (Å²) in [4.78, 5) is 0. The molecule has 1 heterocycles. The first kappa shape index (κ1) is 13.3. The Morgan fingerprint density at radius 3 is 2.57 bits per heavy atom. The lowest BCUT2D eigenvalue weighted by molar-refractivity contribution is 0.292. The van der Waals surface area contributed by atoms with Crippen LogP contribution in [0.15, 0.2) is 36.4 Å². The highest BCUT2D eigenvalue weighted by Gasteiger charge is 2.10. The first-order valence-corrected chi connectivity index (χ1v) is 6.30. The normalized spacial score (nSPS) is 11.0. The summed E-state index contributed by atoms with van der Waals surface area (Å²) in [5.41, 5.74) is 6.96. The molecule has 0 spiro atoms. The van der Waals surface area contributed by atoms with E-state index < -0.39 is 11.6 Å². The van der Waals surface area contributed by atoms with Gasteiger partial charge in [-0.3, -0.25) is 0 Å². The Bertz CT molecular complexity index is 770. The fourth-order valence-corrected chi connectivity index (χ4v) is 1.94. The van der Waals surface area contributed by atoms with Crippen LogP contribution in [0.1, 0.15) is 0 Å². The van der Waals surface area contributed by atoms with Gasteiger partial charge < -0.3 is 10.5 Å². The molecule has 0 aliphatic carbocycles. The van der Waals surface area contributed by atoms with E-state index in [4.69, 9.17) is 10.5 Å².